The van der Waals surface area contributed by atoms with Crippen molar-refractivity contribution < 1.29 is 23.9 Å². The number of quaternary nitrogens is 1. The van der Waals surface area contributed by atoms with E-state index in [-0.39, 0.29) is 5.91 Å². The largest absolute Gasteiger partial charge is 0.497 e. The molecule has 1 amide bonds. The smallest absolute Gasteiger partial charge is 0.223 e. The zero-order chi connectivity index (χ0) is 15.6. The summed E-state index contributed by atoms with van der Waals surface area (Å²) in [6.07, 6.45) is 0.366. The van der Waals surface area contributed by atoms with Crippen LogP contribution in [0.25, 0.3) is 0 Å². The highest BCUT2D eigenvalue weighted by Crippen LogP contribution is 2.16. The molecule has 22 heavy (non-hydrogen) atoms. The summed E-state index contributed by atoms with van der Waals surface area (Å²) in [6.45, 7) is 5.72. The quantitative estimate of drug-likeness (QED) is 0.679. The first-order chi connectivity index (χ1) is 10.8. The molecule has 1 aromatic rings. The minimum atomic E-state index is 0.0289. The van der Waals surface area contributed by atoms with Crippen LogP contribution >= 0.6 is 0 Å². The van der Waals surface area contributed by atoms with Crippen molar-refractivity contribution >= 4 is 5.91 Å². The Hall–Kier alpha value is -1.79. The normalized spacial score (nSPS) is 15.3. The molecule has 1 aliphatic rings. The number of amides is 1. The van der Waals surface area contributed by atoms with Crippen molar-refractivity contribution in [2.75, 3.05) is 53.1 Å². The third kappa shape index (κ3) is 5.91. The Morgan fingerprint density at radius 1 is 1.23 bits per heavy atom. The first-order valence-electron chi connectivity index (χ1n) is 7.73. The van der Waals surface area contributed by atoms with Crippen molar-refractivity contribution in [1.82, 2.24) is 5.32 Å². The van der Waals surface area contributed by atoms with Crippen molar-refractivity contribution in [2.24, 2.45) is 0 Å². The van der Waals surface area contributed by atoms with Gasteiger partial charge in [-0.3, -0.25) is 4.79 Å². The van der Waals surface area contributed by atoms with Crippen LogP contribution in [0.1, 0.15) is 6.42 Å². The number of rotatable bonds is 8. The van der Waals surface area contributed by atoms with Gasteiger partial charge in [0, 0.05) is 0 Å². The number of methoxy groups -OCH3 is 1. The fourth-order valence-electron chi connectivity index (χ4n) is 2.31. The summed E-state index contributed by atoms with van der Waals surface area (Å²) in [5, 5.41) is 2.93. The molecule has 1 saturated heterocycles. The van der Waals surface area contributed by atoms with E-state index in [1.807, 2.05) is 24.3 Å². The van der Waals surface area contributed by atoms with E-state index in [4.69, 9.17) is 14.2 Å². The monoisotopic (exact) mass is 309 g/mol. The van der Waals surface area contributed by atoms with Crippen LogP contribution in [0.15, 0.2) is 24.3 Å². The number of hydrogen-bond donors (Lipinski definition) is 2. The fourth-order valence-corrected chi connectivity index (χ4v) is 2.31. The number of benzene rings is 1. The van der Waals surface area contributed by atoms with Gasteiger partial charge in [0.15, 0.2) is 0 Å². The third-order valence-corrected chi connectivity index (χ3v) is 3.66. The Morgan fingerprint density at radius 3 is 2.59 bits per heavy atom. The molecule has 1 fully saturated rings. The molecule has 1 aromatic carbocycles. The van der Waals surface area contributed by atoms with E-state index in [0.29, 0.717) is 19.6 Å². The molecule has 0 saturated carbocycles. The molecule has 122 valence electrons. The zero-order valence-corrected chi connectivity index (χ0v) is 13.1. The second kappa shape index (κ2) is 9.27. The number of carbonyl (C=O) groups excluding carboxylic acids is 1. The van der Waals surface area contributed by atoms with Crippen LogP contribution in [-0.2, 0) is 9.53 Å². The highest BCUT2D eigenvalue weighted by Gasteiger charge is 2.13. The van der Waals surface area contributed by atoms with Crippen LogP contribution in [0.2, 0.25) is 0 Å². The minimum Gasteiger partial charge on any atom is -0.497 e. The van der Waals surface area contributed by atoms with Crippen molar-refractivity contribution in [3.05, 3.63) is 24.3 Å². The van der Waals surface area contributed by atoms with E-state index >= 15 is 0 Å². The molecular weight excluding hydrogens is 284 g/mol. The number of hydrogen-bond acceptors (Lipinski definition) is 4. The predicted molar refractivity (Wildman–Crippen MR) is 82.5 cm³/mol. The molecular formula is C16H25N2O4+. The lowest BCUT2D eigenvalue weighted by atomic mass is 10.3. The lowest BCUT2D eigenvalue weighted by molar-refractivity contribution is -0.906. The summed E-state index contributed by atoms with van der Waals surface area (Å²) < 4.78 is 15.9. The molecule has 0 unspecified atom stereocenters. The highest BCUT2D eigenvalue weighted by molar-refractivity contribution is 5.75. The fraction of sp³-hybridized carbons (Fsp3) is 0.562. The molecule has 0 spiro atoms. The van der Waals surface area contributed by atoms with Crippen molar-refractivity contribution in [3.63, 3.8) is 0 Å². The molecule has 6 nitrogen and oxygen atoms in total. The summed E-state index contributed by atoms with van der Waals surface area (Å²) in [7, 11) is 1.62. The average molecular weight is 309 g/mol. The van der Waals surface area contributed by atoms with E-state index < -0.39 is 0 Å². The molecule has 2 rings (SSSR count). The molecule has 0 radical (unpaired) electrons. The molecule has 0 atom stereocenters. The van der Waals surface area contributed by atoms with Gasteiger partial charge in [-0.2, -0.15) is 0 Å². The molecule has 6 heteroatoms. The van der Waals surface area contributed by atoms with Crippen LogP contribution in [0.4, 0.5) is 0 Å². The van der Waals surface area contributed by atoms with Gasteiger partial charge in [0.1, 0.15) is 24.6 Å². The number of ether oxygens (including phenoxy) is 3. The number of carbonyl (C=O) groups is 1. The van der Waals surface area contributed by atoms with Gasteiger partial charge in [-0.05, 0) is 24.3 Å². The topological polar surface area (TPSA) is 61.2 Å². The Morgan fingerprint density at radius 2 is 1.91 bits per heavy atom. The van der Waals surface area contributed by atoms with Gasteiger partial charge in [0.05, 0.1) is 46.4 Å². The lowest BCUT2D eigenvalue weighted by Crippen LogP contribution is -3.14. The minimum absolute atomic E-state index is 0.0289. The summed E-state index contributed by atoms with van der Waals surface area (Å²) in [4.78, 5) is 13.2. The summed E-state index contributed by atoms with van der Waals surface area (Å²) in [5.74, 6) is 1.56. The highest BCUT2D eigenvalue weighted by atomic mass is 16.5. The van der Waals surface area contributed by atoms with Crippen LogP contribution in [-0.4, -0.2) is 59.0 Å². The first-order valence-corrected chi connectivity index (χ1v) is 7.73. The molecule has 1 heterocycles. The standard InChI is InChI=1S/C16H24N2O4/c1-20-14-2-4-15(5-3-14)22-11-6-16(19)17-7-8-18-9-12-21-13-10-18/h2-5H,6-13H2,1H3,(H,17,19)/p+1. The second-order valence-electron chi connectivity index (χ2n) is 5.24. The van der Waals surface area contributed by atoms with E-state index in [9.17, 15) is 4.79 Å². The van der Waals surface area contributed by atoms with Gasteiger partial charge in [0.25, 0.3) is 0 Å². The second-order valence-corrected chi connectivity index (χ2v) is 5.24. The Kier molecular flexibility index (Phi) is 6.99. The lowest BCUT2D eigenvalue weighted by Gasteiger charge is -2.23. The van der Waals surface area contributed by atoms with Gasteiger partial charge in [-0.1, -0.05) is 0 Å². The van der Waals surface area contributed by atoms with Crippen molar-refractivity contribution in [1.29, 1.82) is 0 Å². The zero-order valence-electron chi connectivity index (χ0n) is 13.1. The average Bonchev–Trinajstić information content (AvgIpc) is 2.56. The molecule has 0 bridgehead atoms. The molecule has 0 aliphatic carbocycles. The van der Waals surface area contributed by atoms with Gasteiger partial charge < -0.3 is 24.4 Å². The molecule has 1 aliphatic heterocycles. The third-order valence-electron chi connectivity index (χ3n) is 3.66. The van der Waals surface area contributed by atoms with Crippen LogP contribution in [0.5, 0.6) is 11.5 Å². The maximum atomic E-state index is 11.7. The van der Waals surface area contributed by atoms with Crippen molar-refractivity contribution in [3.8, 4) is 11.5 Å². The van der Waals surface area contributed by atoms with Gasteiger partial charge in [-0.15, -0.1) is 0 Å². The summed E-state index contributed by atoms with van der Waals surface area (Å²) in [6, 6.07) is 7.33. The summed E-state index contributed by atoms with van der Waals surface area (Å²) in [5.41, 5.74) is 0. The van der Waals surface area contributed by atoms with Crippen LogP contribution in [0.3, 0.4) is 0 Å². The van der Waals surface area contributed by atoms with Gasteiger partial charge >= 0.3 is 0 Å². The Bertz CT molecular complexity index is 444. The Labute approximate surface area is 131 Å². The van der Waals surface area contributed by atoms with E-state index in [1.54, 1.807) is 7.11 Å². The summed E-state index contributed by atoms with van der Waals surface area (Å²) >= 11 is 0. The van der Waals surface area contributed by atoms with E-state index in [0.717, 1.165) is 44.3 Å². The van der Waals surface area contributed by atoms with Crippen molar-refractivity contribution in [2.45, 2.75) is 6.42 Å². The predicted octanol–water partition coefficient (Wildman–Crippen LogP) is -0.505. The van der Waals surface area contributed by atoms with Crippen LogP contribution < -0.4 is 19.7 Å². The van der Waals surface area contributed by atoms with Crippen LogP contribution in [0, 0.1) is 0 Å². The maximum absolute atomic E-state index is 11.7. The number of morpholine rings is 1. The first kappa shape index (κ1) is 16.6. The molecule has 2 N–H and O–H groups in total. The maximum Gasteiger partial charge on any atom is 0.223 e. The SMILES string of the molecule is COc1ccc(OCCC(=O)NCC[NH+]2CCOCC2)cc1. The van der Waals surface area contributed by atoms with Gasteiger partial charge in [0.2, 0.25) is 5.91 Å². The Balaban J connectivity index is 1.55. The van der Waals surface area contributed by atoms with E-state index in [1.165, 1.54) is 4.90 Å². The number of nitrogens with one attached hydrogen (secondary N) is 2. The van der Waals surface area contributed by atoms with E-state index in [2.05, 4.69) is 5.32 Å². The van der Waals surface area contributed by atoms with Gasteiger partial charge in [-0.25, -0.2) is 0 Å². The molecule has 0 aromatic heterocycles.